The van der Waals surface area contributed by atoms with E-state index in [1.54, 1.807) is 37.4 Å². The highest BCUT2D eigenvalue weighted by molar-refractivity contribution is 7.99. The summed E-state index contributed by atoms with van der Waals surface area (Å²) in [6, 6.07) is 14.6. The van der Waals surface area contributed by atoms with Crippen molar-refractivity contribution < 1.29 is 14.3 Å². The van der Waals surface area contributed by atoms with Crippen LogP contribution in [0.25, 0.3) is 0 Å². The maximum atomic E-state index is 12.3. The predicted octanol–water partition coefficient (Wildman–Crippen LogP) is 3.69. The molecule has 4 nitrogen and oxygen atoms in total. The lowest BCUT2D eigenvalue weighted by Crippen LogP contribution is -2.05. The Morgan fingerprint density at radius 1 is 1.13 bits per heavy atom. The number of ketones is 1. The number of hydrogen-bond acceptors (Lipinski definition) is 5. The first-order valence-corrected chi connectivity index (χ1v) is 8.15. The second-order valence-electron chi connectivity index (χ2n) is 4.79. The Morgan fingerprint density at radius 3 is 2.48 bits per heavy atom. The number of rotatable bonds is 7. The van der Waals surface area contributed by atoms with Crippen LogP contribution < -0.4 is 9.47 Å². The molecule has 0 fully saturated rings. The van der Waals surface area contributed by atoms with Crippen molar-refractivity contribution in [1.29, 1.82) is 5.26 Å². The van der Waals surface area contributed by atoms with E-state index >= 15 is 0 Å². The summed E-state index contributed by atoms with van der Waals surface area (Å²) in [6.45, 7) is 0. The van der Waals surface area contributed by atoms with Crippen LogP contribution >= 0.6 is 11.8 Å². The van der Waals surface area contributed by atoms with Gasteiger partial charge in [-0.3, -0.25) is 4.79 Å². The smallest absolute Gasteiger partial charge is 0.176 e. The second kappa shape index (κ2) is 8.25. The highest BCUT2D eigenvalue weighted by Crippen LogP contribution is 2.26. The van der Waals surface area contributed by atoms with Gasteiger partial charge in [0.05, 0.1) is 37.2 Å². The summed E-state index contributed by atoms with van der Waals surface area (Å²) < 4.78 is 10.4. The molecule has 0 saturated carbocycles. The molecule has 2 rings (SSSR count). The van der Waals surface area contributed by atoms with Crippen molar-refractivity contribution in [1.82, 2.24) is 0 Å². The van der Waals surface area contributed by atoms with Gasteiger partial charge < -0.3 is 9.47 Å². The normalized spacial score (nSPS) is 9.96. The van der Waals surface area contributed by atoms with E-state index < -0.39 is 0 Å². The molecule has 0 atom stereocenters. The lowest BCUT2D eigenvalue weighted by molar-refractivity contribution is 0.101. The van der Waals surface area contributed by atoms with Crippen LogP contribution in [0.5, 0.6) is 11.5 Å². The first kappa shape index (κ1) is 16.9. The van der Waals surface area contributed by atoms with Gasteiger partial charge in [-0.05, 0) is 29.8 Å². The molecule has 2 aromatic rings. The van der Waals surface area contributed by atoms with E-state index in [2.05, 4.69) is 6.07 Å². The van der Waals surface area contributed by atoms with Gasteiger partial charge in [0.2, 0.25) is 0 Å². The molecule has 0 N–H and O–H groups in total. The van der Waals surface area contributed by atoms with E-state index in [0.29, 0.717) is 28.4 Å². The minimum absolute atomic E-state index is 0.0168. The number of carbonyl (C=O) groups excluding carboxylic acids is 1. The number of thioether (sulfide) groups is 1. The topological polar surface area (TPSA) is 59.3 Å². The van der Waals surface area contributed by atoms with Gasteiger partial charge in [0, 0.05) is 11.8 Å². The number of hydrogen-bond donors (Lipinski definition) is 0. The number of Topliss-reactive ketones (excluding diaryl/α,β-unsaturated/α-hetero) is 1. The number of methoxy groups -OCH3 is 2. The molecule has 0 aliphatic carbocycles. The zero-order valence-corrected chi connectivity index (χ0v) is 13.9. The summed E-state index contributed by atoms with van der Waals surface area (Å²) in [4.78, 5) is 12.3. The summed E-state index contributed by atoms with van der Waals surface area (Å²) in [6.07, 6.45) is 0. The van der Waals surface area contributed by atoms with Crippen LogP contribution in [0.4, 0.5) is 0 Å². The van der Waals surface area contributed by atoms with Crippen LogP contribution in [0.1, 0.15) is 21.5 Å². The SMILES string of the molecule is COc1ccc(C(=O)CSCc2ccc(C#N)cc2)c(OC)c1. The zero-order chi connectivity index (χ0) is 16.7. The molecule has 0 aliphatic rings. The molecule has 5 heteroatoms. The fraction of sp³-hybridized carbons (Fsp3) is 0.222. The summed E-state index contributed by atoms with van der Waals surface area (Å²) in [7, 11) is 3.11. The molecular weight excluding hydrogens is 310 g/mol. The minimum atomic E-state index is 0.0168. The standard InChI is InChI=1S/C18H17NO3S/c1-21-15-7-8-16(18(9-15)22-2)17(20)12-23-11-14-5-3-13(10-19)4-6-14/h3-9H,11-12H2,1-2H3. The van der Waals surface area contributed by atoms with E-state index in [-0.39, 0.29) is 5.78 Å². The molecule has 118 valence electrons. The second-order valence-corrected chi connectivity index (χ2v) is 5.78. The lowest BCUT2D eigenvalue weighted by atomic mass is 10.1. The van der Waals surface area contributed by atoms with Gasteiger partial charge >= 0.3 is 0 Å². The number of nitriles is 1. The molecule has 0 aliphatic heterocycles. The monoisotopic (exact) mass is 327 g/mol. The molecule has 0 spiro atoms. The van der Waals surface area contributed by atoms with Gasteiger partial charge in [-0.25, -0.2) is 0 Å². The Kier molecular flexibility index (Phi) is 6.07. The Labute approximate surface area is 140 Å². The molecule has 0 amide bonds. The minimum Gasteiger partial charge on any atom is -0.497 e. The number of carbonyl (C=O) groups is 1. The van der Waals surface area contributed by atoms with Crippen LogP contribution in [0, 0.1) is 11.3 Å². The number of benzene rings is 2. The van der Waals surface area contributed by atoms with E-state index in [9.17, 15) is 4.79 Å². The molecule has 0 saturated heterocycles. The maximum absolute atomic E-state index is 12.3. The molecule has 0 unspecified atom stereocenters. The van der Waals surface area contributed by atoms with E-state index in [4.69, 9.17) is 14.7 Å². The van der Waals surface area contributed by atoms with Crippen molar-refractivity contribution >= 4 is 17.5 Å². The Bertz CT molecular complexity index is 720. The van der Waals surface area contributed by atoms with Crippen molar-refractivity contribution in [2.45, 2.75) is 5.75 Å². The quantitative estimate of drug-likeness (QED) is 0.726. The molecule has 23 heavy (non-hydrogen) atoms. The van der Waals surface area contributed by atoms with E-state index in [0.717, 1.165) is 11.3 Å². The average molecular weight is 327 g/mol. The van der Waals surface area contributed by atoms with Crippen molar-refractivity contribution in [3.63, 3.8) is 0 Å². The van der Waals surface area contributed by atoms with Crippen LogP contribution in [0.2, 0.25) is 0 Å². The Balaban J connectivity index is 1.95. The summed E-state index contributed by atoms with van der Waals surface area (Å²) in [5.41, 5.74) is 2.28. The lowest BCUT2D eigenvalue weighted by Gasteiger charge is -2.09. The van der Waals surface area contributed by atoms with Crippen molar-refractivity contribution in [3.8, 4) is 17.6 Å². The first-order valence-electron chi connectivity index (χ1n) is 7.00. The largest absolute Gasteiger partial charge is 0.497 e. The van der Waals surface area contributed by atoms with Crippen molar-refractivity contribution in [2.24, 2.45) is 0 Å². The van der Waals surface area contributed by atoms with Gasteiger partial charge in [-0.2, -0.15) is 5.26 Å². The maximum Gasteiger partial charge on any atom is 0.176 e. The summed E-state index contributed by atoms with van der Waals surface area (Å²) in [5.74, 6) is 2.28. The summed E-state index contributed by atoms with van der Waals surface area (Å²) in [5, 5.41) is 8.77. The highest BCUT2D eigenvalue weighted by atomic mass is 32.2. The van der Waals surface area contributed by atoms with Crippen LogP contribution in [0.15, 0.2) is 42.5 Å². The third-order valence-electron chi connectivity index (χ3n) is 3.29. The fourth-order valence-corrected chi connectivity index (χ4v) is 2.91. The molecular formula is C18H17NO3S. The summed E-state index contributed by atoms with van der Waals surface area (Å²) >= 11 is 1.53. The predicted molar refractivity (Wildman–Crippen MR) is 91.2 cm³/mol. The number of nitrogens with zero attached hydrogens (tertiary/aromatic N) is 1. The fourth-order valence-electron chi connectivity index (χ4n) is 2.04. The third-order valence-corrected chi connectivity index (χ3v) is 4.30. The van der Waals surface area contributed by atoms with Crippen LogP contribution in [-0.4, -0.2) is 25.8 Å². The van der Waals surface area contributed by atoms with Crippen molar-refractivity contribution in [2.75, 3.05) is 20.0 Å². The third kappa shape index (κ3) is 4.51. The number of ether oxygens (including phenoxy) is 2. The average Bonchev–Trinajstić information content (AvgIpc) is 2.61. The van der Waals surface area contributed by atoms with Crippen LogP contribution in [0.3, 0.4) is 0 Å². The molecule has 0 bridgehead atoms. The van der Waals surface area contributed by atoms with E-state index in [1.165, 1.54) is 18.9 Å². The first-order chi connectivity index (χ1) is 11.2. The zero-order valence-electron chi connectivity index (χ0n) is 13.0. The molecule has 0 heterocycles. The Hall–Kier alpha value is -2.45. The Morgan fingerprint density at radius 2 is 1.87 bits per heavy atom. The van der Waals surface area contributed by atoms with Gasteiger partial charge in [0.1, 0.15) is 11.5 Å². The molecule has 2 aromatic carbocycles. The highest BCUT2D eigenvalue weighted by Gasteiger charge is 2.13. The van der Waals surface area contributed by atoms with Gasteiger partial charge in [0.25, 0.3) is 0 Å². The molecule has 0 radical (unpaired) electrons. The van der Waals surface area contributed by atoms with Gasteiger partial charge in [-0.1, -0.05) is 12.1 Å². The van der Waals surface area contributed by atoms with E-state index in [1.807, 2.05) is 12.1 Å². The van der Waals surface area contributed by atoms with Crippen molar-refractivity contribution in [3.05, 3.63) is 59.2 Å². The molecule has 0 aromatic heterocycles. The van der Waals surface area contributed by atoms with Gasteiger partial charge in [-0.15, -0.1) is 11.8 Å². The van der Waals surface area contributed by atoms with Gasteiger partial charge in [0.15, 0.2) is 5.78 Å². The van der Waals surface area contributed by atoms with Crippen LogP contribution in [-0.2, 0) is 5.75 Å².